The summed E-state index contributed by atoms with van der Waals surface area (Å²) in [5.74, 6) is 0.595. The summed E-state index contributed by atoms with van der Waals surface area (Å²) in [4.78, 5) is 7.86. The molecular weight excluding hydrogens is 186 g/mol. The Hall–Kier alpha value is -1.35. The zero-order valence-corrected chi connectivity index (χ0v) is 8.66. The molecular formula is C12H15N3. The van der Waals surface area contributed by atoms with Gasteiger partial charge in [-0.25, -0.2) is 0 Å². The van der Waals surface area contributed by atoms with Crippen LogP contribution in [0.3, 0.4) is 0 Å². The third-order valence-electron chi connectivity index (χ3n) is 3.14. The highest BCUT2D eigenvalue weighted by molar-refractivity contribution is 5.74. The molecule has 1 atom stereocenters. The van der Waals surface area contributed by atoms with Gasteiger partial charge in [-0.05, 0) is 37.6 Å². The predicted octanol–water partition coefficient (Wildman–Crippen LogP) is 2.03. The molecule has 1 saturated heterocycles. The molecule has 78 valence electrons. The molecule has 0 spiro atoms. The maximum atomic E-state index is 4.69. The first-order chi connectivity index (χ1) is 7.43. The number of nitrogens with one attached hydrogen (secondary N) is 2. The van der Waals surface area contributed by atoms with Crippen LogP contribution in [0, 0.1) is 0 Å². The highest BCUT2D eigenvalue weighted by Crippen LogP contribution is 2.23. The van der Waals surface area contributed by atoms with Gasteiger partial charge < -0.3 is 10.3 Å². The minimum Gasteiger partial charge on any atom is -0.360 e. The first kappa shape index (κ1) is 8.92. The number of hydrogen-bond acceptors (Lipinski definition) is 2. The molecule has 1 aliphatic rings. The van der Waals surface area contributed by atoms with Crippen molar-refractivity contribution in [3.05, 3.63) is 30.1 Å². The number of aromatic nitrogens is 2. The van der Waals surface area contributed by atoms with Crippen molar-refractivity contribution in [1.82, 2.24) is 15.3 Å². The maximum absolute atomic E-state index is 4.69. The highest BCUT2D eigenvalue weighted by Gasteiger charge is 2.16. The Kier molecular flexibility index (Phi) is 2.18. The van der Waals surface area contributed by atoms with Gasteiger partial charge in [-0.15, -0.1) is 0 Å². The van der Waals surface area contributed by atoms with Gasteiger partial charge in [0.2, 0.25) is 0 Å². The monoisotopic (exact) mass is 201 g/mol. The van der Waals surface area contributed by atoms with Crippen LogP contribution >= 0.6 is 0 Å². The average Bonchev–Trinajstić information content (AvgIpc) is 2.77. The minimum absolute atomic E-state index is 0.595. The lowest BCUT2D eigenvalue weighted by molar-refractivity contribution is 0.455. The Morgan fingerprint density at radius 1 is 1.27 bits per heavy atom. The second-order valence-corrected chi connectivity index (χ2v) is 4.19. The zero-order chi connectivity index (χ0) is 10.1. The number of piperidine rings is 1. The van der Waals surface area contributed by atoms with E-state index in [9.17, 15) is 0 Å². The SMILES string of the molecule is c1cc2nc([C@H]3CCCNC3)ccc2[nH]1. The topological polar surface area (TPSA) is 40.7 Å². The Labute approximate surface area is 88.9 Å². The molecule has 3 heterocycles. The van der Waals surface area contributed by atoms with E-state index in [2.05, 4.69) is 27.4 Å². The number of rotatable bonds is 1. The largest absolute Gasteiger partial charge is 0.360 e. The summed E-state index contributed by atoms with van der Waals surface area (Å²) < 4.78 is 0. The normalized spacial score (nSPS) is 22.0. The van der Waals surface area contributed by atoms with Gasteiger partial charge in [0.05, 0.1) is 11.0 Å². The zero-order valence-electron chi connectivity index (χ0n) is 8.66. The summed E-state index contributed by atoms with van der Waals surface area (Å²) in [5.41, 5.74) is 3.44. The summed E-state index contributed by atoms with van der Waals surface area (Å²) in [6.45, 7) is 2.23. The highest BCUT2D eigenvalue weighted by atomic mass is 14.9. The van der Waals surface area contributed by atoms with E-state index in [1.165, 1.54) is 18.5 Å². The van der Waals surface area contributed by atoms with Gasteiger partial charge in [0, 0.05) is 24.4 Å². The maximum Gasteiger partial charge on any atom is 0.0882 e. The number of hydrogen-bond donors (Lipinski definition) is 2. The summed E-state index contributed by atoms with van der Waals surface area (Å²) in [7, 11) is 0. The van der Waals surface area contributed by atoms with Gasteiger partial charge >= 0.3 is 0 Å². The summed E-state index contributed by atoms with van der Waals surface area (Å²) in [6, 6.07) is 6.32. The molecule has 15 heavy (non-hydrogen) atoms. The molecule has 2 N–H and O–H groups in total. The predicted molar refractivity (Wildman–Crippen MR) is 60.9 cm³/mol. The molecule has 1 aliphatic heterocycles. The molecule has 3 rings (SSSR count). The van der Waals surface area contributed by atoms with Crippen molar-refractivity contribution >= 4 is 11.0 Å². The van der Waals surface area contributed by atoms with Gasteiger partial charge in [-0.2, -0.15) is 0 Å². The third kappa shape index (κ3) is 1.63. The van der Waals surface area contributed by atoms with Crippen LogP contribution in [0.15, 0.2) is 24.4 Å². The minimum atomic E-state index is 0.595. The lowest BCUT2D eigenvalue weighted by Gasteiger charge is -2.22. The Bertz CT molecular complexity index is 455. The van der Waals surface area contributed by atoms with Crippen LogP contribution in [-0.4, -0.2) is 23.1 Å². The van der Waals surface area contributed by atoms with E-state index in [1.807, 2.05) is 12.3 Å². The molecule has 3 heteroatoms. The lowest BCUT2D eigenvalue weighted by atomic mass is 9.95. The Morgan fingerprint density at radius 3 is 3.13 bits per heavy atom. The summed E-state index contributed by atoms with van der Waals surface area (Å²) >= 11 is 0. The molecule has 2 aromatic heterocycles. The molecule has 0 aliphatic carbocycles. The third-order valence-corrected chi connectivity index (χ3v) is 3.14. The van der Waals surface area contributed by atoms with Gasteiger partial charge in [0.1, 0.15) is 0 Å². The van der Waals surface area contributed by atoms with Crippen LogP contribution in [0.25, 0.3) is 11.0 Å². The van der Waals surface area contributed by atoms with Gasteiger partial charge in [0.25, 0.3) is 0 Å². The van der Waals surface area contributed by atoms with Crippen molar-refractivity contribution in [3.63, 3.8) is 0 Å². The van der Waals surface area contributed by atoms with E-state index in [1.54, 1.807) is 0 Å². The fraction of sp³-hybridized carbons (Fsp3) is 0.417. The quantitative estimate of drug-likeness (QED) is 0.741. The fourth-order valence-electron chi connectivity index (χ4n) is 2.28. The van der Waals surface area contributed by atoms with Gasteiger partial charge in [0.15, 0.2) is 0 Å². The number of aromatic amines is 1. The molecule has 0 aromatic carbocycles. The van der Waals surface area contributed by atoms with E-state index in [0.717, 1.165) is 24.1 Å². The Balaban J connectivity index is 1.95. The van der Waals surface area contributed by atoms with Crippen LogP contribution < -0.4 is 5.32 Å². The number of fused-ring (bicyclic) bond motifs is 1. The number of nitrogens with zero attached hydrogens (tertiary/aromatic N) is 1. The lowest BCUT2D eigenvalue weighted by Crippen LogP contribution is -2.28. The summed E-state index contributed by atoms with van der Waals surface area (Å²) in [6.07, 6.45) is 4.47. The second-order valence-electron chi connectivity index (χ2n) is 4.19. The smallest absolute Gasteiger partial charge is 0.0882 e. The van der Waals surface area contributed by atoms with Crippen LogP contribution in [0.5, 0.6) is 0 Å². The van der Waals surface area contributed by atoms with E-state index in [0.29, 0.717) is 5.92 Å². The van der Waals surface area contributed by atoms with E-state index in [4.69, 9.17) is 0 Å². The van der Waals surface area contributed by atoms with Gasteiger partial charge in [-0.3, -0.25) is 4.98 Å². The molecule has 0 amide bonds. The van der Waals surface area contributed by atoms with Crippen molar-refractivity contribution in [2.45, 2.75) is 18.8 Å². The Morgan fingerprint density at radius 2 is 2.27 bits per heavy atom. The molecule has 0 unspecified atom stereocenters. The molecule has 0 radical (unpaired) electrons. The van der Waals surface area contributed by atoms with Crippen molar-refractivity contribution in [3.8, 4) is 0 Å². The van der Waals surface area contributed by atoms with E-state index < -0.39 is 0 Å². The number of H-pyrrole nitrogens is 1. The molecule has 1 fully saturated rings. The van der Waals surface area contributed by atoms with E-state index in [-0.39, 0.29) is 0 Å². The first-order valence-corrected chi connectivity index (χ1v) is 5.58. The molecule has 2 aromatic rings. The van der Waals surface area contributed by atoms with Crippen LogP contribution in [-0.2, 0) is 0 Å². The van der Waals surface area contributed by atoms with Crippen molar-refractivity contribution in [2.24, 2.45) is 0 Å². The number of pyridine rings is 1. The van der Waals surface area contributed by atoms with Crippen LogP contribution in [0.2, 0.25) is 0 Å². The molecule has 0 bridgehead atoms. The molecule has 3 nitrogen and oxygen atoms in total. The fourth-order valence-corrected chi connectivity index (χ4v) is 2.28. The summed E-state index contributed by atoms with van der Waals surface area (Å²) in [5, 5.41) is 3.43. The first-order valence-electron chi connectivity index (χ1n) is 5.58. The van der Waals surface area contributed by atoms with Gasteiger partial charge in [-0.1, -0.05) is 0 Å². The molecule has 0 saturated carbocycles. The average molecular weight is 201 g/mol. The van der Waals surface area contributed by atoms with Crippen LogP contribution in [0.1, 0.15) is 24.5 Å². The van der Waals surface area contributed by atoms with Crippen molar-refractivity contribution < 1.29 is 0 Å². The van der Waals surface area contributed by atoms with Crippen LogP contribution in [0.4, 0.5) is 0 Å². The van der Waals surface area contributed by atoms with E-state index >= 15 is 0 Å². The van der Waals surface area contributed by atoms with Crippen molar-refractivity contribution in [2.75, 3.05) is 13.1 Å². The van der Waals surface area contributed by atoms with Crippen molar-refractivity contribution in [1.29, 1.82) is 0 Å². The standard InChI is InChI=1S/C12H15N3/c1-2-9(8-13-6-1)10-3-4-11-12(15-10)5-7-14-11/h3-5,7,9,13-14H,1-2,6,8H2/t9-/m0/s1. The second kappa shape index (κ2) is 3.66.